The minimum Gasteiger partial charge on any atom is -0.465 e. The number of aromatic nitrogens is 1. The van der Waals surface area contributed by atoms with Gasteiger partial charge in [-0.25, -0.2) is 4.79 Å². The predicted octanol–water partition coefficient (Wildman–Crippen LogP) is 3.53. The van der Waals surface area contributed by atoms with Gasteiger partial charge in [0.25, 0.3) is 0 Å². The molecule has 0 saturated heterocycles. The second-order valence-electron chi connectivity index (χ2n) is 4.11. The third-order valence-corrected chi connectivity index (χ3v) is 3.20. The Morgan fingerprint density at radius 3 is 2.28 bits per heavy atom. The summed E-state index contributed by atoms with van der Waals surface area (Å²) in [5.74, 6) is -0.424. The highest BCUT2D eigenvalue weighted by molar-refractivity contribution is 6.33. The number of benzene rings is 1. The van der Waals surface area contributed by atoms with Gasteiger partial charge in [0.05, 0.1) is 17.7 Å². The molecule has 0 radical (unpaired) electrons. The lowest BCUT2D eigenvalue weighted by Gasteiger charge is -2.11. The molecule has 0 saturated carbocycles. The number of hydrogen-bond donors (Lipinski definition) is 0. The number of hydrogen-bond acceptors (Lipinski definition) is 2. The molecule has 0 fully saturated rings. The fourth-order valence-corrected chi connectivity index (χ4v) is 2.25. The summed E-state index contributed by atoms with van der Waals surface area (Å²) in [4.78, 5) is 11.5. The first-order valence-electron chi connectivity index (χ1n) is 5.58. The van der Waals surface area contributed by atoms with Crippen molar-refractivity contribution in [1.82, 2.24) is 4.57 Å². The smallest absolute Gasteiger partial charge is 0.339 e. The van der Waals surface area contributed by atoms with Gasteiger partial charge in [0.15, 0.2) is 0 Å². The van der Waals surface area contributed by atoms with Gasteiger partial charge in [-0.3, -0.25) is 0 Å². The van der Waals surface area contributed by atoms with E-state index in [2.05, 4.69) is 9.30 Å². The van der Waals surface area contributed by atoms with E-state index in [0.29, 0.717) is 10.6 Å². The van der Waals surface area contributed by atoms with E-state index < -0.39 is 5.97 Å². The molecule has 3 nitrogen and oxygen atoms in total. The largest absolute Gasteiger partial charge is 0.465 e. The molecule has 0 aliphatic carbocycles. The van der Waals surface area contributed by atoms with Crippen molar-refractivity contribution < 1.29 is 9.53 Å². The zero-order valence-electron chi connectivity index (χ0n) is 10.5. The number of methoxy groups -OCH3 is 1. The molecule has 2 aromatic rings. The second-order valence-corrected chi connectivity index (χ2v) is 4.51. The van der Waals surface area contributed by atoms with E-state index in [1.807, 2.05) is 32.0 Å². The minimum atomic E-state index is -0.424. The van der Waals surface area contributed by atoms with Crippen LogP contribution in [0.5, 0.6) is 0 Å². The molecule has 0 aliphatic rings. The van der Waals surface area contributed by atoms with Gasteiger partial charge in [-0.2, -0.15) is 0 Å². The molecule has 94 valence electrons. The molecular formula is C14H14ClNO2. The van der Waals surface area contributed by atoms with Crippen LogP contribution in [0.4, 0.5) is 0 Å². The van der Waals surface area contributed by atoms with Crippen molar-refractivity contribution in [1.29, 1.82) is 0 Å². The minimum absolute atomic E-state index is 0.380. The first-order chi connectivity index (χ1) is 8.54. The normalized spacial score (nSPS) is 10.4. The number of aryl methyl sites for hydroxylation is 2. The molecule has 1 heterocycles. The molecule has 0 unspecified atom stereocenters. The lowest BCUT2D eigenvalue weighted by molar-refractivity contribution is 0.0601. The van der Waals surface area contributed by atoms with Crippen LogP contribution in [-0.4, -0.2) is 17.6 Å². The van der Waals surface area contributed by atoms with Crippen molar-refractivity contribution in [2.24, 2.45) is 0 Å². The van der Waals surface area contributed by atoms with E-state index in [1.54, 1.807) is 12.1 Å². The highest BCUT2D eigenvalue weighted by atomic mass is 35.5. The first-order valence-corrected chi connectivity index (χ1v) is 5.95. The molecule has 0 amide bonds. The number of esters is 1. The Labute approximate surface area is 111 Å². The Morgan fingerprint density at radius 1 is 1.17 bits per heavy atom. The molecule has 1 aromatic carbocycles. The summed E-state index contributed by atoms with van der Waals surface area (Å²) >= 11 is 6.11. The summed E-state index contributed by atoms with van der Waals surface area (Å²) in [5, 5.41) is 0.395. The van der Waals surface area contributed by atoms with Crippen molar-refractivity contribution in [2.75, 3.05) is 7.11 Å². The van der Waals surface area contributed by atoms with E-state index in [4.69, 9.17) is 11.6 Å². The summed E-state index contributed by atoms with van der Waals surface area (Å²) < 4.78 is 6.74. The molecule has 0 aliphatic heterocycles. The summed E-state index contributed by atoms with van der Waals surface area (Å²) in [7, 11) is 1.34. The van der Waals surface area contributed by atoms with Crippen molar-refractivity contribution in [3.8, 4) is 5.69 Å². The molecule has 0 spiro atoms. The Hall–Kier alpha value is -1.74. The Kier molecular flexibility index (Phi) is 3.43. The molecule has 0 N–H and O–H groups in total. The third kappa shape index (κ3) is 2.14. The number of carbonyl (C=O) groups is 1. The first kappa shape index (κ1) is 12.7. The average molecular weight is 264 g/mol. The van der Waals surface area contributed by atoms with E-state index >= 15 is 0 Å². The number of nitrogens with zero attached hydrogens (tertiary/aromatic N) is 1. The fraction of sp³-hybridized carbons (Fsp3) is 0.214. The molecule has 1 aromatic heterocycles. The fourth-order valence-electron chi connectivity index (χ4n) is 1.99. The number of rotatable bonds is 2. The quantitative estimate of drug-likeness (QED) is 0.776. The molecule has 18 heavy (non-hydrogen) atoms. The van der Waals surface area contributed by atoms with Crippen LogP contribution in [0.3, 0.4) is 0 Å². The number of carbonyl (C=O) groups excluding carboxylic acids is 1. The maximum atomic E-state index is 11.5. The second kappa shape index (κ2) is 4.86. The zero-order valence-corrected chi connectivity index (χ0v) is 11.3. The van der Waals surface area contributed by atoms with E-state index in [1.165, 1.54) is 7.11 Å². The molecule has 0 bridgehead atoms. The van der Waals surface area contributed by atoms with Crippen molar-refractivity contribution in [2.45, 2.75) is 13.8 Å². The Morgan fingerprint density at radius 2 is 1.78 bits per heavy atom. The molecule has 2 rings (SSSR count). The van der Waals surface area contributed by atoms with Crippen LogP contribution in [0.2, 0.25) is 5.02 Å². The highest BCUT2D eigenvalue weighted by Crippen LogP contribution is 2.23. The molecule has 4 heteroatoms. The Balaban J connectivity index is 2.50. The van der Waals surface area contributed by atoms with Gasteiger partial charge in [0, 0.05) is 17.1 Å². The monoisotopic (exact) mass is 263 g/mol. The van der Waals surface area contributed by atoms with Gasteiger partial charge in [-0.15, -0.1) is 0 Å². The lowest BCUT2D eigenvalue weighted by Crippen LogP contribution is -2.04. The van der Waals surface area contributed by atoms with Gasteiger partial charge in [-0.05, 0) is 44.2 Å². The lowest BCUT2D eigenvalue weighted by atomic mass is 10.2. The average Bonchev–Trinajstić information content (AvgIpc) is 2.68. The van der Waals surface area contributed by atoms with Gasteiger partial charge >= 0.3 is 5.97 Å². The summed E-state index contributed by atoms with van der Waals surface area (Å²) in [5.41, 5.74) is 3.56. The summed E-state index contributed by atoms with van der Waals surface area (Å²) in [6.45, 7) is 4.05. The van der Waals surface area contributed by atoms with Crippen LogP contribution in [0.15, 0.2) is 30.3 Å². The molecular weight excluding hydrogens is 250 g/mol. The summed E-state index contributed by atoms with van der Waals surface area (Å²) in [6, 6.07) is 9.39. The standard InChI is InChI=1S/C14H14ClNO2/c1-9-4-5-10(2)16(9)11-6-7-12(13(15)8-11)14(17)18-3/h4-8H,1-3H3. The van der Waals surface area contributed by atoms with Crippen molar-refractivity contribution >= 4 is 17.6 Å². The van der Waals surface area contributed by atoms with Crippen LogP contribution in [-0.2, 0) is 4.74 Å². The third-order valence-electron chi connectivity index (χ3n) is 2.89. The van der Waals surface area contributed by atoms with E-state index in [0.717, 1.165) is 17.1 Å². The van der Waals surface area contributed by atoms with Gasteiger partial charge in [0.1, 0.15) is 0 Å². The Bertz CT molecular complexity index is 582. The predicted molar refractivity (Wildman–Crippen MR) is 71.6 cm³/mol. The highest BCUT2D eigenvalue weighted by Gasteiger charge is 2.12. The molecule has 0 atom stereocenters. The van der Waals surface area contributed by atoms with Crippen LogP contribution < -0.4 is 0 Å². The number of halogens is 1. The van der Waals surface area contributed by atoms with Crippen LogP contribution in [0.1, 0.15) is 21.7 Å². The van der Waals surface area contributed by atoms with Crippen LogP contribution >= 0.6 is 11.6 Å². The topological polar surface area (TPSA) is 31.2 Å². The van der Waals surface area contributed by atoms with Crippen molar-refractivity contribution in [3.63, 3.8) is 0 Å². The maximum absolute atomic E-state index is 11.5. The van der Waals surface area contributed by atoms with Crippen molar-refractivity contribution in [3.05, 3.63) is 52.3 Å². The number of ether oxygens (including phenoxy) is 1. The summed E-state index contributed by atoms with van der Waals surface area (Å²) in [6.07, 6.45) is 0. The van der Waals surface area contributed by atoms with Gasteiger partial charge < -0.3 is 9.30 Å². The maximum Gasteiger partial charge on any atom is 0.339 e. The van der Waals surface area contributed by atoms with Crippen LogP contribution in [0, 0.1) is 13.8 Å². The van der Waals surface area contributed by atoms with Crippen LogP contribution in [0.25, 0.3) is 5.69 Å². The zero-order chi connectivity index (χ0) is 13.3. The SMILES string of the molecule is COC(=O)c1ccc(-n2c(C)ccc2C)cc1Cl. The van der Waals surface area contributed by atoms with E-state index in [9.17, 15) is 4.79 Å². The van der Waals surface area contributed by atoms with Gasteiger partial charge in [-0.1, -0.05) is 11.6 Å². The van der Waals surface area contributed by atoms with Gasteiger partial charge in [0.2, 0.25) is 0 Å². The van der Waals surface area contributed by atoms with E-state index in [-0.39, 0.29) is 0 Å².